The minimum atomic E-state index is -0.347. The van der Waals surface area contributed by atoms with Gasteiger partial charge in [0.25, 0.3) is 0 Å². The second-order valence-corrected chi connectivity index (χ2v) is 9.16. The van der Waals surface area contributed by atoms with Crippen LogP contribution in [0.25, 0.3) is 44.1 Å². The van der Waals surface area contributed by atoms with Crippen molar-refractivity contribution in [3.63, 3.8) is 0 Å². The topological polar surface area (TPSA) is 78.4 Å². The van der Waals surface area contributed by atoms with Crippen LogP contribution in [0.15, 0.2) is 109 Å². The number of halogens is 2. The van der Waals surface area contributed by atoms with Gasteiger partial charge in [-0.2, -0.15) is 48.5 Å². The van der Waals surface area contributed by atoms with Crippen molar-refractivity contribution in [3.8, 4) is 22.5 Å². The van der Waals surface area contributed by atoms with E-state index in [2.05, 4.69) is 77.5 Å². The zero-order valence-corrected chi connectivity index (χ0v) is 29.3. The van der Waals surface area contributed by atoms with Gasteiger partial charge in [0.05, 0.1) is 35.7 Å². The molecule has 0 saturated carbocycles. The molecule has 0 spiro atoms. The van der Waals surface area contributed by atoms with E-state index < -0.39 is 0 Å². The Balaban J connectivity index is 0.000000226. The zero-order valence-electron chi connectivity index (χ0n) is 24.7. The van der Waals surface area contributed by atoms with E-state index in [-0.39, 0.29) is 11.9 Å². The third-order valence-electron chi connectivity index (χ3n) is 6.52. The molecule has 0 aliphatic heterocycles. The molecule has 0 radical (unpaired) electrons. The molecule has 0 amide bonds. The first-order valence-electron chi connectivity index (χ1n) is 13.9. The van der Waals surface area contributed by atoms with Gasteiger partial charge in [0, 0.05) is 11.1 Å². The van der Waals surface area contributed by atoms with Crippen molar-refractivity contribution in [1.82, 2.24) is 9.97 Å². The molecule has 6 nitrogen and oxygen atoms in total. The standard InChI is InChI=1S/2C18H14NO2.2ClH.2Pd/c2*1-2-21-18(20)16-15-11-7-6-10-14(15)12-19-17(16)13-8-4-3-5-9-13;;;;/h2*3-5,7-12H,2H2,1H3;2*1H;;/q2*-1;;;2*+2/p-2. The second-order valence-electron chi connectivity index (χ2n) is 9.16. The number of carbonyl (C=O) groups excluding carboxylic acids is 2. The zero-order chi connectivity index (χ0) is 33.3. The summed E-state index contributed by atoms with van der Waals surface area (Å²) >= 11 is 4.44. The summed E-state index contributed by atoms with van der Waals surface area (Å²) in [4.78, 5) is 33.7. The van der Waals surface area contributed by atoms with Gasteiger partial charge >= 0.3 is 67.4 Å². The molecule has 240 valence electrons. The van der Waals surface area contributed by atoms with Crippen LogP contribution in [0.3, 0.4) is 0 Å². The van der Waals surface area contributed by atoms with Crippen molar-refractivity contribution in [1.29, 1.82) is 0 Å². The molecule has 0 atom stereocenters. The Morgan fingerprint density at radius 2 is 1.00 bits per heavy atom. The summed E-state index contributed by atoms with van der Waals surface area (Å²) in [6.45, 7) is 4.27. The quantitative estimate of drug-likeness (QED) is 0.0947. The number of benzene rings is 4. The van der Waals surface area contributed by atoms with Gasteiger partial charge in [-0.25, -0.2) is 9.59 Å². The molecule has 2 aromatic heterocycles. The third kappa shape index (κ3) is 9.31. The summed E-state index contributed by atoms with van der Waals surface area (Å²) in [5.74, 6) is -0.693. The van der Waals surface area contributed by atoms with Crippen molar-refractivity contribution in [2.45, 2.75) is 13.8 Å². The van der Waals surface area contributed by atoms with E-state index in [1.54, 1.807) is 38.4 Å². The Morgan fingerprint density at radius 1 is 0.630 bits per heavy atom. The van der Waals surface area contributed by atoms with Crippen molar-refractivity contribution >= 4 is 52.5 Å². The normalized spacial score (nSPS) is 9.91. The average molecular weight is 836 g/mol. The minimum absolute atomic E-state index is 0.336. The molecule has 4 aromatic carbocycles. The fourth-order valence-electron chi connectivity index (χ4n) is 4.66. The number of rotatable bonds is 6. The number of nitrogens with zero attached hydrogens (tertiary/aromatic N) is 2. The Kier molecular flexibility index (Phi) is 16.0. The number of carbonyl (C=O) groups is 2. The summed E-state index contributed by atoms with van der Waals surface area (Å²) in [5.41, 5.74) is 4.11. The number of aromatic nitrogens is 2. The van der Waals surface area contributed by atoms with Gasteiger partial charge in [-0.05, 0) is 26.2 Å². The first-order valence-corrected chi connectivity index (χ1v) is 17.9. The number of ether oxygens (including phenoxy) is 2. The van der Waals surface area contributed by atoms with Gasteiger partial charge in [0.2, 0.25) is 0 Å². The SMILES string of the molecule is CCOC(=O)c1c(-c2ccccc2)ncc2c[c-]ccc12.CCOC(=O)c1c(-c2ccccc2)ncc2c[c-]ccc12.[Cl][Pd+].[Cl][Pd+]. The molecule has 0 N–H and O–H groups in total. The van der Waals surface area contributed by atoms with Gasteiger partial charge < -0.3 is 9.47 Å². The fraction of sp³-hybridized carbons (Fsp3) is 0.111. The molecule has 0 fully saturated rings. The molecule has 0 bridgehead atoms. The van der Waals surface area contributed by atoms with Crippen molar-refractivity contribution in [2.75, 3.05) is 13.2 Å². The van der Waals surface area contributed by atoms with Crippen LogP contribution in [-0.4, -0.2) is 35.1 Å². The van der Waals surface area contributed by atoms with Crippen LogP contribution in [0.1, 0.15) is 34.6 Å². The Bertz CT molecular complexity index is 1720. The third-order valence-corrected chi connectivity index (χ3v) is 6.52. The molecule has 0 saturated heterocycles. The van der Waals surface area contributed by atoms with Crippen LogP contribution in [0.4, 0.5) is 0 Å². The molecule has 0 aliphatic rings. The first-order chi connectivity index (χ1) is 22.6. The van der Waals surface area contributed by atoms with Crippen LogP contribution >= 0.6 is 19.1 Å². The monoisotopic (exact) mass is 834 g/mol. The van der Waals surface area contributed by atoms with E-state index >= 15 is 0 Å². The average Bonchev–Trinajstić information content (AvgIpc) is 3.13. The summed E-state index contributed by atoms with van der Waals surface area (Å²) in [6, 6.07) is 36.3. The van der Waals surface area contributed by atoms with Crippen LogP contribution in [0.2, 0.25) is 0 Å². The van der Waals surface area contributed by atoms with Crippen molar-refractivity contribution < 1.29 is 55.4 Å². The molecule has 10 heteroatoms. The second kappa shape index (κ2) is 19.9. The molecule has 2 heterocycles. The van der Waals surface area contributed by atoms with Crippen molar-refractivity contribution in [3.05, 3.63) is 133 Å². The van der Waals surface area contributed by atoms with Crippen molar-refractivity contribution in [2.24, 2.45) is 0 Å². The molecular formula is C36H28Cl2N2O4Pd2. The summed E-state index contributed by atoms with van der Waals surface area (Å²) in [7, 11) is 8.98. The summed E-state index contributed by atoms with van der Waals surface area (Å²) in [6.07, 6.45) is 3.52. The number of hydrogen-bond acceptors (Lipinski definition) is 6. The number of pyridine rings is 2. The number of esters is 2. The summed E-state index contributed by atoms with van der Waals surface area (Å²) < 4.78 is 10.4. The van der Waals surface area contributed by atoms with Gasteiger partial charge in [0.1, 0.15) is 0 Å². The maximum atomic E-state index is 12.4. The van der Waals surface area contributed by atoms with Gasteiger partial charge in [0.15, 0.2) is 0 Å². The van der Waals surface area contributed by atoms with Gasteiger partial charge in [-0.15, -0.1) is 21.5 Å². The Morgan fingerprint density at radius 3 is 1.35 bits per heavy atom. The molecular weight excluding hydrogens is 808 g/mol. The number of hydrogen-bond donors (Lipinski definition) is 0. The fourth-order valence-corrected chi connectivity index (χ4v) is 4.66. The van der Waals surface area contributed by atoms with E-state index in [1.165, 1.54) is 0 Å². The Labute approximate surface area is 298 Å². The first kappa shape index (κ1) is 37.0. The van der Waals surface area contributed by atoms with Gasteiger partial charge in [-0.3, -0.25) is 9.97 Å². The molecule has 0 aliphatic carbocycles. The van der Waals surface area contributed by atoms with Gasteiger partial charge in [-0.1, -0.05) is 60.7 Å². The van der Waals surface area contributed by atoms with E-state index in [1.807, 2.05) is 84.9 Å². The molecule has 6 aromatic rings. The molecule has 0 unspecified atom stereocenters. The maximum absolute atomic E-state index is 12.4. The summed E-state index contributed by atoms with van der Waals surface area (Å²) in [5, 5.41) is 3.42. The molecule has 46 heavy (non-hydrogen) atoms. The van der Waals surface area contributed by atoms with E-state index in [0.717, 1.165) is 32.7 Å². The van der Waals surface area contributed by atoms with Crippen LogP contribution in [0, 0.1) is 12.1 Å². The van der Waals surface area contributed by atoms with E-state index in [4.69, 9.17) is 9.47 Å². The van der Waals surface area contributed by atoms with Crippen LogP contribution in [0.5, 0.6) is 0 Å². The van der Waals surface area contributed by atoms with Crippen LogP contribution in [-0.2, 0) is 45.8 Å². The van der Waals surface area contributed by atoms with E-state index in [9.17, 15) is 9.59 Å². The molecule has 6 rings (SSSR count). The predicted molar refractivity (Wildman–Crippen MR) is 176 cm³/mol. The predicted octanol–water partition coefficient (Wildman–Crippen LogP) is 9.13. The van der Waals surface area contributed by atoms with E-state index in [0.29, 0.717) is 35.7 Å². The van der Waals surface area contributed by atoms with Crippen LogP contribution < -0.4 is 0 Å². The Hall–Kier alpha value is -3.46. The number of fused-ring (bicyclic) bond motifs is 2.